The van der Waals surface area contributed by atoms with Gasteiger partial charge in [-0.15, -0.1) is 4.72 Å². The molecule has 2 N–H and O–H groups in total. The van der Waals surface area contributed by atoms with Gasteiger partial charge in [0.05, 0.1) is 41.7 Å². The van der Waals surface area contributed by atoms with Gasteiger partial charge in [0, 0.05) is 35.2 Å². The summed E-state index contributed by atoms with van der Waals surface area (Å²) in [6, 6.07) is 5.04. The minimum absolute atomic E-state index is 0.121. The average Bonchev–Trinajstić information content (AvgIpc) is 3.71. The number of cyclic esters (lactones) is 1. The van der Waals surface area contributed by atoms with Crippen LogP contribution in [0.2, 0.25) is 0 Å². The number of fused-ring (bicyclic) bond motifs is 2. The standard InChI is InChI=1S/C33H41FN6O5S/c1-8-25(39-46(43)32(3,4)5)22-13-36-29(44-18-15-40(16-18)30(41)21-11-24(21)34)23-14-35-27(12-20(22)23)37-26-10-9-19-28(38-26)17(2)33(6,7)45-31(19)42/h9-10,12-14,17-18,21,24-25,39H,8,11,15-16H2,1-7H3,(H,35,37,38)/t17-,21-,24+,25+,46?/m1/s1. The first-order valence-electron chi connectivity index (χ1n) is 15.7. The molecule has 0 bridgehead atoms. The van der Waals surface area contributed by atoms with Crippen molar-refractivity contribution in [1.29, 1.82) is 0 Å². The molecule has 2 aliphatic heterocycles. The molecule has 3 aliphatic rings. The van der Waals surface area contributed by atoms with Crippen molar-refractivity contribution in [2.24, 2.45) is 5.92 Å². The smallest absolute Gasteiger partial charge is 0.340 e. The molecular formula is C33H41FN6O5S. The predicted octanol–water partition coefficient (Wildman–Crippen LogP) is 5.27. The van der Waals surface area contributed by atoms with Crippen molar-refractivity contribution in [3.05, 3.63) is 47.4 Å². The summed E-state index contributed by atoms with van der Waals surface area (Å²) in [6.07, 6.45) is 3.05. The van der Waals surface area contributed by atoms with Crippen LogP contribution in [0, 0.1) is 5.92 Å². The Kier molecular flexibility index (Phi) is 8.39. The van der Waals surface area contributed by atoms with Crippen LogP contribution in [0.4, 0.5) is 16.0 Å². The zero-order valence-electron chi connectivity index (χ0n) is 27.2. The Labute approximate surface area is 271 Å². The molecule has 5 heterocycles. The number of carbonyl (C=O) groups excluding carboxylic acids is 2. The van der Waals surface area contributed by atoms with Crippen LogP contribution in [0.5, 0.6) is 5.88 Å². The highest BCUT2D eigenvalue weighted by Crippen LogP contribution is 2.40. The van der Waals surface area contributed by atoms with Crippen molar-refractivity contribution in [3.63, 3.8) is 0 Å². The van der Waals surface area contributed by atoms with Crippen LogP contribution in [0.15, 0.2) is 30.6 Å². The monoisotopic (exact) mass is 652 g/mol. The van der Waals surface area contributed by atoms with Crippen molar-refractivity contribution in [2.75, 3.05) is 18.4 Å². The van der Waals surface area contributed by atoms with Gasteiger partial charge in [-0.25, -0.2) is 24.1 Å². The fraction of sp³-hybridized carbons (Fsp3) is 0.545. The Morgan fingerprint density at radius 2 is 1.93 bits per heavy atom. The number of carbonyl (C=O) groups is 2. The van der Waals surface area contributed by atoms with Gasteiger partial charge in [-0.05, 0) is 71.0 Å². The molecule has 3 aromatic rings. The highest BCUT2D eigenvalue weighted by molar-refractivity contribution is 7.90. The summed E-state index contributed by atoms with van der Waals surface area (Å²) in [5.74, 6) is 0.226. The van der Waals surface area contributed by atoms with E-state index in [2.05, 4.69) is 20.0 Å². The fourth-order valence-electron chi connectivity index (χ4n) is 5.64. The van der Waals surface area contributed by atoms with Crippen LogP contribution in [0.25, 0.3) is 10.8 Å². The van der Waals surface area contributed by atoms with Gasteiger partial charge >= 0.3 is 5.97 Å². The van der Waals surface area contributed by atoms with Gasteiger partial charge in [-0.1, -0.05) is 13.8 Å². The van der Waals surface area contributed by atoms with Crippen molar-refractivity contribution < 1.29 is 28.0 Å². The van der Waals surface area contributed by atoms with Gasteiger partial charge < -0.3 is 24.2 Å². The number of esters is 1. The molecule has 6 rings (SSSR count). The zero-order chi connectivity index (χ0) is 33.1. The SMILES string of the molecule is CC[C@H](N[S+]([O-])C(C)(C)C)c1cnc(OC2CN(C(=O)[C@@H]3C[C@@H]3F)C2)c2cnc(Nc3ccc4c(n3)[C@@H](C)C(C)(C)OC4=O)cc12. The summed E-state index contributed by atoms with van der Waals surface area (Å²) in [4.78, 5) is 40.7. The van der Waals surface area contributed by atoms with Crippen molar-refractivity contribution in [3.8, 4) is 5.88 Å². The first-order valence-corrected chi connectivity index (χ1v) is 16.9. The first-order chi connectivity index (χ1) is 21.7. The first kappa shape index (κ1) is 32.4. The third kappa shape index (κ3) is 6.24. The van der Waals surface area contributed by atoms with E-state index in [1.165, 1.54) is 0 Å². The maximum absolute atomic E-state index is 13.4. The van der Waals surface area contributed by atoms with E-state index in [4.69, 9.17) is 14.5 Å². The number of nitrogens with one attached hydrogen (secondary N) is 2. The Bertz CT molecular complexity index is 1680. The number of likely N-dealkylation sites (tertiary alicyclic amines) is 1. The van der Waals surface area contributed by atoms with E-state index in [-0.39, 0.29) is 24.0 Å². The normalized spacial score (nSPS) is 23.6. The molecular weight excluding hydrogens is 611 g/mol. The molecule has 1 saturated carbocycles. The molecule has 1 aliphatic carbocycles. The van der Waals surface area contributed by atoms with Crippen LogP contribution in [-0.2, 0) is 20.9 Å². The average molecular weight is 653 g/mol. The lowest BCUT2D eigenvalue weighted by atomic mass is 9.84. The lowest BCUT2D eigenvalue weighted by Crippen LogP contribution is -2.56. The van der Waals surface area contributed by atoms with E-state index < -0.39 is 39.8 Å². The van der Waals surface area contributed by atoms with Gasteiger partial charge in [0.15, 0.2) is 0 Å². The van der Waals surface area contributed by atoms with Gasteiger partial charge in [0.25, 0.3) is 0 Å². The van der Waals surface area contributed by atoms with Gasteiger partial charge in [-0.3, -0.25) is 4.79 Å². The van der Waals surface area contributed by atoms with Crippen LogP contribution < -0.4 is 14.8 Å². The van der Waals surface area contributed by atoms with Gasteiger partial charge in [-0.2, -0.15) is 0 Å². The van der Waals surface area contributed by atoms with Gasteiger partial charge in [0.2, 0.25) is 11.8 Å². The predicted molar refractivity (Wildman–Crippen MR) is 173 cm³/mol. The van der Waals surface area contributed by atoms with E-state index in [9.17, 15) is 18.5 Å². The van der Waals surface area contributed by atoms with Gasteiger partial charge in [0.1, 0.15) is 34.3 Å². The Morgan fingerprint density at radius 3 is 2.59 bits per heavy atom. The van der Waals surface area contributed by atoms with Crippen molar-refractivity contribution >= 4 is 45.6 Å². The van der Waals surface area contributed by atoms with Crippen LogP contribution in [0.1, 0.15) is 94.9 Å². The van der Waals surface area contributed by atoms with E-state index in [1.807, 2.05) is 54.5 Å². The zero-order valence-corrected chi connectivity index (χ0v) is 28.0. The second kappa shape index (κ2) is 11.9. The van der Waals surface area contributed by atoms with E-state index in [0.29, 0.717) is 60.1 Å². The number of aromatic nitrogens is 3. The molecule has 1 saturated heterocycles. The maximum Gasteiger partial charge on any atom is 0.340 e. The second-order valence-corrected chi connectivity index (χ2v) is 15.9. The van der Waals surface area contributed by atoms with Crippen molar-refractivity contribution in [1.82, 2.24) is 24.6 Å². The summed E-state index contributed by atoms with van der Waals surface area (Å²) >= 11 is -1.33. The molecule has 13 heteroatoms. The maximum atomic E-state index is 13.4. The Balaban J connectivity index is 1.31. The molecule has 5 atom stereocenters. The topological polar surface area (TPSA) is 142 Å². The molecule has 0 aromatic carbocycles. The lowest BCUT2D eigenvalue weighted by Gasteiger charge is -2.39. The number of halogens is 1. The quantitative estimate of drug-likeness (QED) is 0.232. The number of anilines is 2. The summed E-state index contributed by atoms with van der Waals surface area (Å²) in [5, 5.41) is 4.75. The number of rotatable bonds is 9. The molecule has 1 unspecified atom stereocenters. The van der Waals surface area contributed by atoms with E-state index in [1.54, 1.807) is 29.4 Å². The van der Waals surface area contributed by atoms with Crippen molar-refractivity contribution in [2.45, 2.75) is 95.9 Å². The summed E-state index contributed by atoms with van der Waals surface area (Å²) in [7, 11) is 0. The number of hydrogen-bond donors (Lipinski definition) is 2. The number of amides is 1. The van der Waals surface area contributed by atoms with Crippen LogP contribution in [0.3, 0.4) is 0 Å². The molecule has 0 radical (unpaired) electrons. The van der Waals surface area contributed by atoms with Crippen LogP contribution >= 0.6 is 0 Å². The molecule has 1 amide bonds. The third-order valence-corrected chi connectivity index (χ3v) is 10.6. The molecule has 246 valence electrons. The summed E-state index contributed by atoms with van der Waals surface area (Å²) in [6.45, 7) is 14.2. The second-order valence-electron chi connectivity index (χ2n) is 13.9. The van der Waals surface area contributed by atoms with E-state index >= 15 is 0 Å². The number of alkyl halides is 1. The minimum Gasteiger partial charge on any atom is -0.598 e. The molecule has 3 aromatic heterocycles. The lowest BCUT2D eigenvalue weighted by molar-refractivity contribution is -0.141. The highest BCUT2D eigenvalue weighted by Gasteiger charge is 2.48. The number of ether oxygens (including phenoxy) is 2. The Morgan fingerprint density at radius 1 is 1.22 bits per heavy atom. The molecule has 0 spiro atoms. The summed E-state index contributed by atoms with van der Waals surface area (Å²) in [5.41, 5.74) is 1.24. The number of hydrogen-bond acceptors (Lipinski definition) is 10. The molecule has 11 nitrogen and oxygen atoms in total. The fourth-order valence-corrected chi connectivity index (χ4v) is 6.54. The van der Waals surface area contributed by atoms with E-state index in [0.717, 1.165) is 10.9 Å². The highest BCUT2D eigenvalue weighted by atomic mass is 32.2. The molecule has 46 heavy (non-hydrogen) atoms. The summed E-state index contributed by atoms with van der Waals surface area (Å²) < 4.78 is 41.2. The third-order valence-electron chi connectivity index (χ3n) is 9.03. The molecule has 2 fully saturated rings. The Hall–Kier alpha value is -3.55. The number of nitrogens with zero attached hydrogens (tertiary/aromatic N) is 4. The van der Waals surface area contributed by atoms with Crippen LogP contribution in [-0.4, -0.2) is 72.0 Å². The number of pyridine rings is 3. The largest absolute Gasteiger partial charge is 0.598 e. The minimum atomic E-state index is -1.33.